The van der Waals surface area contributed by atoms with Crippen molar-refractivity contribution in [3.05, 3.63) is 90.0 Å². The number of aryl methyl sites for hydroxylation is 2. The van der Waals surface area contributed by atoms with Gasteiger partial charge >= 0.3 is 15.6 Å². The van der Waals surface area contributed by atoms with Crippen LogP contribution in [-0.2, 0) is 10.1 Å². The van der Waals surface area contributed by atoms with E-state index in [9.17, 15) is 21.6 Å². The summed E-state index contributed by atoms with van der Waals surface area (Å²) in [4.78, 5) is 1.27. The van der Waals surface area contributed by atoms with Crippen molar-refractivity contribution >= 4 is 20.4 Å². The fraction of sp³-hybridized carbons (Fsp3) is 0.143. The van der Waals surface area contributed by atoms with Crippen LogP contribution in [-0.4, -0.2) is 17.6 Å². The van der Waals surface area contributed by atoms with Gasteiger partial charge in [0.25, 0.3) is 0 Å². The molecule has 0 saturated carbocycles. The van der Waals surface area contributed by atoms with Gasteiger partial charge in [0.15, 0.2) is 0 Å². The first-order valence-electron chi connectivity index (χ1n) is 8.64. The predicted molar refractivity (Wildman–Crippen MR) is 109 cm³/mol. The van der Waals surface area contributed by atoms with Crippen molar-refractivity contribution in [2.75, 3.05) is 0 Å². The lowest BCUT2D eigenvalue weighted by Gasteiger charge is -2.35. The van der Waals surface area contributed by atoms with Crippen LogP contribution in [0.5, 0.6) is 0 Å². The standard InChI is InChI=1S/C21H19F3O3S2/c1-16-13-14-20(17(2)15-16)28(18-9-5-3-6-10-18,19-11-7-4-8-12-19)27-29(25,26)21(22,23)24/h3-15H,1-2H3/p+1. The van der Waals surface area contributed by atoms with Gasteiger partial charge in [0.05, 0.1) is 25.0 Å². The molecular formula is C21H20F3O3S2+. The third-order valence-electron chi connectivity index (χ3n) is 4.32. The summed E-state index contributed by atoms with van der Waals surface area (Å²) in [5, 5.41) is 0. The average molecular weight is 442 g/mol. The van der Waals surface area contributed by atoms with E-state index in [1.54, 1.807) is 79.7 Å². The number of alkyl halides is 3. The number of halogens is 3. The van der Waals surface area contributed by atoms with Gasteiger partial charge in [-0.3, -0.25) is 3.63 Å². The fourth-order valence-electron chi connectivity index (χ4n) is 3.07. The summed E-state index contributed by atoms with van der Waals surface area (Å²) in [6.07, 6.45) is 0. The van der Waals surface area contributed by atoms with E-state index in [1.165, 1.54) is 0 Å². The molecule has 0 atom stereocenters. The average Bonchev–Trinajstić information content (AvgIpc) is 2.67. The quantitative estimate of drug-likeness (QED) is 0.260. The van der Waals surface area contributed by atoms with Crippen molar-refractivity contribution in [2.45, 2.75) is 34.0 Å². The van der Waals surface area contributed by atoms with Crippen LogP contribution in [0.25, 0.3) is 0 Å². The predicted octanol–water partition coefficient (Wildman–Crippen LogP) is 6.44. The maximum absolute atomic E-state index is 13.4. The molecule has 0 radical (unpaired) electrons. The summed E-state index contributed by atoms with van der Waals surface area (Å²) in [5.41, 5.74) is -3.90. The second-order valence-electron chi connectivity index (χ2n) is 6.47. The zero-order chi connectivity index (χ0) is 21.3. The SMILES string of the molecule is Cc1ccc(S([OH+]S(=O)(=O)C(F)(F)F)(c2ccccc2)c2ccccc2)c(C)c1. The molecule has 0 unspecified atom stereocenters. The molecule has 3 rings (SSSR count). The number of rotatable bonds is 5. The van der Waals surface area contributed by atoms with Crippen molar-refractivity contribution in [2.24, 2.45) is 0 Å². The first kappa shape index (κ1) is 21.4. The van der Waals surface area contributed by atoms with Crippen molar-refractivity contribution in [1.29, 1.82) is 0 Å². The number of hydrogen-bond acceptors (Lipinski definition) is 2. The lowest BCUT2D eigenvalue weighted by molar-refractivity contribution is -0.0540. The van der Waals surface area contributed by atoms with Crippen LogP contribution in [0.3, 0.4) is 0 Å². The molecule has 0 heterocycles. The molecule has 0 saturated heterocycles. The van der Waals surface area contributed by atoms with Gasteiger partial charge in [-0.1, -0.05) is 54.1 Å². The second kappa shape index (κ2) is 7.85. The molecular weight excluding hydrogens is 421 g/mol. The van der Waals surface area contributed by atoms with Crippen molar-refractivity contribution in [3.8, 4) is 0 Å². The van der Waals surface area contributed by atoms with Gasteiger partial charge in [0, 0.05) is 0 Å². The topological polar surface area (TPSA) is 46.9 Å². The van der Waals surface area contributed by atoms with Crippen LogP contribution in [0.15, 0.2) is 93.5 Å². The maximum atomic E-state index is 13.4. The van der Waals surface area contributed by atoms with E-state index >= 15 is 0 Å². The minimum atomic E-state index is -5.76. The molecule has 29 heavy (non-hydrogen) atoms. The highest BCUT2D eigenvalue weighted by Crippen LogP contribution is 2.69. The van der Waals surface area contributed by atoms with Crippen molar-refractivity contribution in [1.82, 2.24) is 0 Å². The summed E-state index contributed by atoms with van der Waals surface area (Å²) in [6, 6.07) is 21.8. The van der Waals surface area contributed by atoms with Crippen LogP contribution >= 0.6 is 10.3 Å². The van der Waals surface area contributed by atoms with Gasteiger partial charge in [0.1, 0.15) is 0 Å². The van der Waals surface area contributed by atoms with E-state index in [2.05, 4.69) is 3.63 Å². The summed E-state index contributed by atoms with van der Waals surface area (Å²) in [5.74, 6) is 0. The Morgan fingerprint density at radius 1 is 0.759 bits per heavy atom. The van der Waals surface area contributed by atoms with Crippen molar-refractivity contribution in [3.63, 3.8) is 0 Å². The normalized spacial score (nSPS) is 13.3. The Kier molecular flexibility index (Phi) is 5.80. The van der Waals surface area contributed by atoms with E-state index in [-0.39, 0.29) is 0 Å². The first-order valence-corrected chi connectivity index (χ1v) is 11.7. The number of benzene rings is 3. The van der Waals surface area contributed by atoms with Crippen LogP contribution in [0, 0.1) is 13.8 Å². The molecule has 0 aliphatic carbocycles. The van der Waals surface area contributed by atoms with E-state index < -0.39 is 25.9 Å². The molecule has 0 aliphatic heterocycles. The van der Waals surface area contributed by atoms with Gasteiger partial charge in [-0.05, 0) is 49.7 Å². The molecule has 3 aromatic carbocycles. The highest BCUT2D eigenvalue weighted by molar-refractivity contribution is 8.32. The monoisotopic (exact) mass is 441 g/mol. The van der Waals surface area contributed by atoms with Gasteiger partial charge in [-0.2, -0.15) is 13.2 Å². The zero-order valence-electron chi connectivity index (χ0n) is 15.7. The van der Waals surface area contributed by atoms with Gasteiger partial charge in [-0.15, -0.1) is 8.42 Å². The Labute approximate surface area is 169 Å². The van der Waals surface area contributed by atoms with Gasteiger partial charge in [-0.25, -0.2) is 0 Å². The van der Waals surface area contributed by atoms with Gasteiger partial charge < -0.3 is 0 Å². The van der Waals surface area contributed by atoms with Crippen LogP contribution in [0.1, 0.15) is 11.1 Å². The summed E-state index contributed by atoms with van der Waals surface area (Å²) >= 11 is 0. The molecule has 0 amide bonds. The molecule has 154 valence electrons. The summed E-state index contributed by atoms with van der Waals surface area (Å²) < 4.78 is 68.5. The van der Waals surface area contributed by atoms with Gasteiger partial charge in [0.2, 0.25) is 0 Å². The molecule has 0 aliphatic rings. The maximum Gasteiger partial charge on any atom is 0.572 e. The number of hydrogen-bond donors (Lipinski definition) is 0. The van der Waals surface area contributed by atoms with E-state index in [0.29, 0.717) is 20.2 Å². The zero-order valence-corrected chi connectivity index (χ0v) is 17.4. The van der Waals surface area contributed by atoms with E-state index in [4.69, 9.17) is 0 Å². The minimum absolute atomic E-state index is 0.408. The Hall–Kier alpha value is -2.29. The fourth-order valence-corrected chi connectivity index (χ4v) is 8.27. The molecule has 0 aromatic heterocycles. The Bertz CT molecular complexity index is 1060. The molecule has 8 heteroatoms. The summed E-state index contributed by atoms with van der Waals surface area (Å²) in [6.45, 7) is 3.62. The lowest BCUT2D eigenvalue weighted by atomic mass is 10.2. The van der Waals surface area contributed by atoms with E-state index in [1.807, 2.05) is 13.0 Å². The van der Waals surface area contributed by atoms with E-state index in [0.717, 1.165) is 5.56 Å². The molecule has 3 aromatic rings. The Morgan fingerprint density at radius 3 is 1.66 bits per heavy atom. The molecule has 0 spiro atoms. The summed E-state index contributed by atoms with van der Waals surface area (Å²) in [7, 11) is -8.87. The van der Waals surface area contributed by atoms with Crippen LogP contribution in [0.4, 0.5) is 13.2 Å². The smallest absolute Gasteiger partial charge is 0.255 e. The molecule has 0 fully saturated rings. The highest BCUT2D eigenvalue weighted by atomic mass is 32.3. The third kappa shape index (κ3) is 4.05. The molecule has 0 bridgehead atoms. The van der Waals surface area contributed by atoms with Crippen LogP contribution in [0.2, 0.25) is 0 Å². The van der Waals surface area contributed by atoms with Crippen LogP contribution < -0.4 is 0 Å². The highest BCUT2D eigenvalue weighted by Gasteiger charge is 2.58. The Balaban J connectivity index is 2.43. The minimum Gasteiger partial charge on any atom is -0.255 e. The first-order chi connectivity index (χ1) is 13.6. The largest absolute Gasteiger partial charge is 0.572 e. The lowest BCUT2D eigenvalue weighted by Crippen LogP contribution is -2.30. The Morgan fingerprint density at radius 2 is 1.24 bits per heavy atom. The third-order valence-corrected chi connectivity index (χ3v) is 9.59. The second-order valence-corrected chi connectivity index (χ2v) is 11.0. The molecule has 3 nitrogen and oxygen atoms in total. The van der Waals surface area contributed by atoms with Crippen molar-refractivity contribution < 1.29 is 25.2 Å². The molecule has 1 N–H and O–H groups in total.